The number of amides is 1. The SMILES string of the molecule is C=C(C)CN(C)C(=O)c1ccc2cn[nH]c2c1. The number of aromatic nitrogens is 2. The van der Waals surface area contributed by atoms with Crippen LogP contribution in [0, 0.1) is 0 Å². The summed E-state index contributed by atoms with van der Waals surface area (Å²) in [6, 6.07) is 5.52. The maximum absolute atomic E-state index is 12.1. The van der Waals surface area contributed by atoms with E-state index in [0.717, 1.165) is 16.5 Å². The third-order valence-electron chi connectivity index (χ3n) is 2.54. The molecule has 0 atom stereocenters. The van der Waals surface area contributed by atoms with E-state index in [1.54, 1.807) is 18.1 Å². The molecule has 0 fully saturated rings. The van der Waals surface area contributed by atoms with Crippen molar-refractivity contribution in [3.8, 4) is 0 Å². The molecule has 0 spiro atoms. The number of H-pyrrole nitrogens is 1. The number of hydrogen-bond donors (Lipinski definition) is 1. The fraction of sp³-hybridized carbons (Fsp3) is 0.231. The molecule has 1 heterocycles. The number of fused-ring (bicyclic) bond motifs is 1. The summed E-state index contributed by atoms with van der Waals surface area (Å²) < 4.78 is 0. The third kappa shape index (κ3) is 2.36. The average Bonchev–Trinajstić information content (AvgIpc) is 2.73. The number of nitrogens with one attached hydrogen (secondary N) is 1. The van der Waals surface area contributed by atoms with Crippen molar-refractivity contribution in [2.24, 2.45) is 0 Å². The zero-order valence-corrected chi connectivity index (χ0v) is 10.0. The van der Waals surface area contributed by atoms with Crippen molar-refractivity contribution in [1.82, 2.24) is 15.1 Å². The summed E-state index contributed by atoms with van der Waals surface area (Å²) in [6.45, 7) is 6.28. The molecule has 17 heavy (non-hydrogen) atoms. The number of likely N-dealkylation sites (N-methyl/N-ethyl adjacent to an activating group) is 1. The first kappa shape index (κ1) is 11.4. The lowest BCUT2D eigenvalue weighted by molar-refractivity contribution is 0.0807. The fourth-order valence-corrected chi connectivity index (χ4v) is 1.77. The van der Waals surface area contributed by atoms with Gasteiger partial charge in [0.05, 0.1) is 11.7 Å². The maximum atomic E-state index is 12.1. The summed E-state index contributed by atoms with van der Waals surface area (Å²) in [5, 5.41) is 7.79. The number of rotatable bonds is 3. The molecule has 2 rings (SSSR count). The number of hydrogen-bond acceptors (Lipinski definition) is 2. The Morgan fingerprint density at radius 3 is 3.00 bits per heavy atom. The fourth-order valence-electron chi connectivity index (χ4n) is 1.77. The van der Waals surface area contributed by atoms with Crippen molar-refractivity contribution in [3.05, 3.63) is 42.1 Å². The van der Waals surface area contributed by atoms with Gasteiger partial charge >= 0.3 is 0 Å². The van der Waals surface area contributed by atoms with Crippen LogP contribution in [0.1, 0.15) is 17.3 Å². The highest BCUT2D eigenvalue weighted by molar-refractivity contribution is 5.97. The van der Waals surface area contributed by atoms with Gasteiger partial charge in [-0.1, -0.05) is 18.2 Å². The first-order chi connectivity index (χ1) is 8.08. The standard InChI is InChI=1S/C13H15N3O/c1-9(2)8-16(3)13(17)10-4-5-11-7-14-15-12(11)6-10/h4-7H,1,8H2,2-3H3,(H,14,15). The molecule has 88 valence electrons. The van der Waals surface area contributed by atoms with E-state index in [2.05, 4.69) is 16.8 Å². The topological polar surface area (TPSA) is 49.0 Å². The van der Waals surface area contributed by atoms with Crippen LogP contribution in [0.15, 0.2) is 36.5 Å². The van der Waals surface area contributed by atoms with Gasteiger partial charge in [-0.2, -0.15) is 5.10 Å². The third-order valence-corrected chi connectivity index (χ3v) is 2.54. The first-order valence-electron chi connectivity index (χ1n) is 5.41. The van der Waals surface area contributed by atoms with Gasteiger partial charge in [0.1, 0.15) is 0 Å². The van der Waals surface area contributed by atoms with Gasteiger partial charge in [-0.3, -0.25) is 9.89 Å². The second-order valence-corrected chi connectivity index (χ2v) is 4.29. The highest BCUT2D eigenvalue weighted by atomic mass is 16.2. The van der Waals surface area contributed by atoms with Gasteiger partial charge in [-0.05, 0) is 19.1 Å². The Kier molecular flexibility index (Phi) is 2.95. The summed E-state index contributed by atoms with van der Waals surface area (Å²) in [7, 11) is 1.77. The Hall–Kier alpha value is -2.10. The molecule has 0 aliphatic rings. The molecule has 0 aliphatic heterocycles. The van der Waals surface area contributed by atoms with E-state index in [0.29, 0.717) is 12.1 Å². The average molecular weight is 229 g/mol. The predicted molar refractivity (Wildman–Crippen MR) is 67.9 cm³/mol. The van der Waals surface area contributed by atoms with Crippen molar-refractivity contribution in [2.45, 2.75) is 6.92 Å². The van der Waals surface area contributed by atoms with Crippen molar-refractivity contribution in [3.63, 3.8) is 0 Å². The molecule has 1 N–H and O–H groups in total. The Balaban J connectivity index is 2.26. The molecule has 0 saturated heterocycles. The normalized spacial score (nSPS) is 10.5. The van der Waals surface area contributed by atoms with E-state index in [1.165, 1.54) is 0 Å². The number of carbonyl (C=O) groups is 1. The Labute approximate surface area is 99.9 Å². The number of carbonyl (C=O) groups excluding carboxylic acids is 1. The highest BCUT2D eigenvalue weighted by Gasteiger charge is 2.12. The quantitative estimate of drug-likeness (QED) is 0.820. The molecule has 2 aromatic rings. The summed E-state index contributed by atoms with van der Waals surface area (Å²) in [6.07, 6.45) is 1.74. The van der Waals surface area contributed by atoms with Gasteiger partial charge in [0.25, 0.3) is 5.91 Å². The van der Waals surface area contributed by atoms with Crippen LogP contribution in [-0.2, 0) is 0 Å². The van der Waals surface area contributed by atoms with Gasteiger partial charge in [0.15, 0.2) is 0 Å². The first-order valence-corrected chi connectivity index (χ1v) is 5.41. The molecule has 1 aromatic heterocycles. The largest absolute Gasteiger partial charge is 0.338 e. The molecule has 1 amide bonds. The van der Waals surface area contributed by atoms with Crippen LogP contribution >= 0.6 is 0 Å². The van der Waals surface area contributed by atoms with Gasteiger partial charge in [0, 0.05) is 24.5 Å². The van der Waals surface area contributed by atoms with Crippen LogP contribution in [0.25, 0.3) is 10.9 Å². The summed E-state index contributed by atoms with van der Waals surface area (Å²) in [5.74, 6) is -0.00972. The molecule has 4 heteroatoms. The molecule has 0 bridgehead atoms. The Morgan fingerprint density at radius 2 is 2.29 bits per heavy atom. The zero-order chi connectivity index (χ0) is 12.4. The second-order valence-electron chi connectivity index (χ2n) is 4.29. The van der Waals surface area contributed by atoms with Crippen LogP contribution in [-0.4, -0.2) is 34.6 Å². The van der Waals surface area contributed by atoms with Crippen LogP contribution < -0.4 is 0 Å². The van der Waals surface area contributed by atoms with Crippen LogP contribution in [0.4, 0.5) is 0 Å². The Morgan fingerprint density at radius 1 is 1.53 bits per heavy atom. The lowest BCUT2D eigenvalue weighted by atomic mass is 10.1. The van der Waals surface area contributed by atoms with Crippen LogP contribution in [0.2, 0.25) is 0 Å². The smallest absolute Gasteiger partial charge is 0.253 e. The lowest BCUT2D eigenvalue weighted by Crippen LogP contribution is -2.28. The highest BCUT2D eigenvalue weighted by Crippen LogP contribution is 2.14. The van der Waals surface area contributed by atoms with Crippen molar-refractivity contribution in [2.75, 3.05) is 13.6 Å². The minimum absolute atomic E-state index is 0.00972. The van der Waals surface area contributed by atoms with Crippen molar-refractivity contribution in [1.29, 1.82) is 0 Å². The number of aromatic amines is 1. The molecular weight excluding hydrogens is 214 g/mol. The van der Waals surface area contributed by atoms with Crippen molar-refractivity contribution < 1.29 is 4.79 Å². The molecular formula is C13H15N3O. The molecule has 0 saturated carbocycles. The summed E-state index contributed by atoms with van der Waals surface area (Å²) >= 11 is 0. The summed E-state index contributed by atoms with van der Waals surface area (Å²) in [5.41, 5.74) is 2.49. The molecule has 4 nitrogen and oxygen atoms in total. The number of benzene rings is 1. The monoisotopic (exact) mass is 229 g/mol. The van der Waals surface area contributed by atoms with E-state index >= 15 is 0 Å². The van der Waals surface area contributed by atoms with Crippen molar-refractivity contribution >= 4 is 16.8 Å². The van der Waals surface area contributed by atoms with Crippen LogP contribution in [0.3, 0.4) is 0 Å². The van der Waals surface area contributed by atoms with Gasteiger partial charge in [-0.15, -0.1) is 0 Å². The van der Waals surface area contributed by atoms with E-state index < -0.39 is 0 Å². The van der Waals surface area contributed by atoms with E-state index in [-0.39, 0.29) is 5.91 Å². The van der Waals surface area contributed by atoms with Crippen LogP contribution in [0.5, 0.6) is 0 Å². The van der Waals surface area contributed by atoms with E-state index in [9.17, 15) is 4.79 Å². The summed E-state index contributed by atoms with van der Waals surface area (Å²) in [4.78, 5) is 13.7. The van der Waals surface area contributed by atoms with Gasteiger partial charge in [-0.25, -0.2) is 0 Å². The minimum atomic E-state index is -0.00972. The van der Waals surface area contributed by atoms with E-state index in [1.807, 2.05) is 25.1 Å². The molecule has 0 radical (unpaired) electrons. The molecule has 1 aromatic carbocycles. The molecule has 0 unspecified atom stereocenters. The minimum Gasteiger partial charge on any atom is -0.338 e. The molecule has 0 aliphatic carbocycles. The zero-order valence-electron chi connectivity index (χ0n) is 10.0. The second kappa shape index (κ2) is 4.41. The van der Waals surface area contributed by atoms with E-state index in [4.69, 9.17) is 0 Å². The van der Waals surface area contributed by atoms with Gasteiger partial charge in [0.2, 0.25) is 0 Å². The number of nitrogens with zero attached hydrogens (tertiary/aromatic N) is 2. The Bertz CT molecular complexity index is 571. The predicted octanol–water partition coefficient (Wildman–Crippen LogP) is 2.21. The maximum Gasteiger partial charge on any atom is 0.253 e. The van der Waals surface area contributed by atoms with Gasteiger partial charge < -0.3 is 4.90 Å². The lowest BCUT2D eigenvalue weighted by Gasteiger charge is -2.17.